The van der Waals surface area contributed by atoms with E-state index >= 15 is 0 Å². The number of hydrogen-bond donors (Lipinski definition) is 0. The third kappa shape index (κ3) is 3.27. The van der Waals surface area contributed by atoms with E-state index in [9.17, 15) is 4.79 Å². The SMILES string of the molecule is CCC1CCC(C(=O)c2cc(Cl)cc(Cl)c2)CC1. The van der Waals surface area contributed by atoms with Gasteiger partial charge in [-0.2, -0.15) is 0 Å². The van der Waals surface area contributed by atoms with Crippen LogP contribution in [-0.4, -0.2) is 5.78 Å². The number of hydrogen-bond acceptors (Lipinski definition) is 1. The minimum absolute atomic E-state index is 0.155. The van der Waals surface area contributed by atoms with Crippen LogP contribution in [0, 0.1) is 11.8 Å². The van der Waals surface area contributed by atoms with Gasteiger partial charge < -0.3 is 0 Å². The minimum Gasteiger partial charge on any atom is -0.294 e. The Balaban J connectivity index is 2.07. The molecule has 0 bridgehead atoms. The standard InChI is InChI=1S/C15H18Cl2O/c1-2-10-3-5-11(6-4-10)15(18)12-7-13(16)9-14(17)8-12/h7-11H,2-6H2,1H3. The van der Waals surface area contributed by atoms with Gasteiger partial charge >= 0.3 is 0 Å². The molecule has 1 saturated carbocycles. The predicted octanol–water partition coefficient (Wildman–Crippen LogP) is 5.39. The van der Waals surface area contributed by atoms with E-state index in [0.29, 0.717) is 15.6 Å². The summed E-state index contributed by atoms with van der Waals surface area (Å²) in [4.78, 5) is 12.4. The van der Waals surface area contributed by atoms with E-state index in [2.05, 4.69) is 6.92 Å². The highest BCUT2D eigenvalue weighted by molar-refractivity contribution is 6.35. The Bertz CT molecular complexity index is 414. The zero-order valence-electron chi connectivity index (χ0n) is 10.6. The summed E-state index contributed by atoms with van der Waals surface area (Å²) in [6.07, 6.45) is 5.56. The molecule has 0 radical (unpaired) electrons. The number of halogens is 2. The molecule has 0 unspecified atom stereocenters. The molecule has 2 rings (SSSR count). The van der Waals surface area contributed by atoms with Gasteiger partial charge in [0.2, 0.25) is 0 Å². The molecule has 0 N–H and O–H groups in total. The molecule has 1 aliphatic carbocycles. The van der Waals surface area contributed by atoms with Crippen LogP contribution in [0.3, 0.4) is 0 Å². The smallest absolute Gasteiger partial charge is 0.166 e. The number of carbonyl (C=O) groups excluding carboxylic acids is 1. The van der Waals surface area contributed by atoms with Gasteiger partial charge in [-0.05, 0) is 49.8 Å². The van der Waals surface area contributed by atoms with Crippen molar-refractivity contribution >= 4 is 29.0 Å². The van der Waals surface area contributed by atoms with Gasteiger partial charge in [-0.3, -0.25) is 4.79 Å². The van der Waals surface area contributed by atoms with Crippen LogP contribution in [0.4, 0.5) is 0 Å². The van der Waals surface area contributed by atoms with Crippen molar-refractivity contribution in [1.82, 2.24) is 0 Å². The zero-order valence-corrected chi connectivity index (χ0v) is 12.1. The van der Waals surface area contributed by atoms with Crippen LogP contribution in [0.1, 0.15) is 49.4 Å². The average molecular weight is 285 g/mol. The van der Waals surface area contributed by atoms with Crippen molar-refractivity contribution in [2.45, 2.75) is 39.0 Å². The van der Waals surface area contributed by atoms with Crippen LogP contribution < -0.4 is 0 Å². The normalized spacial score (nSPS) is 23.9. The van der Waals surface area contributed by atoms with Crippen molar-refractivity contribution in [3.05, 3.63) is 33.8 Å². The van der Waals surface area contributed by atoms with Crippen molar-refractivity contribution in [3.8, 4) is 0 Å². The maximum atomic E-state index is 12.4. The van der Waals surface area contributed by atoms with Crippen molar-refractivity contribution in [2.75, 3.05) is 0 Å². The largest absolute Gasteiger partial charge is 0.294 e. The maximum Gasteiger partial charge on any atom is 0.166 e. The van der Waals surface area contributed by atoms with Gasteiger partial charge in [0.15, 0.2) is 5.78 Å². The topological polar surface area (TPSA) is 17.1 Å². The second-order valence-corrected chi connectivity index (χ2v) is 6.02. The molecule has 98 valence electrons. The van der Waals surface area contributed by atoms with E-state index < -0.39 is 0 Å². The fourth-order valence-corrected chi connectivity index (χ4v) is 3.29. The number of rotatable bonds is 3. The van der Waals surface area contributed by atoms with E-state index in [0.717, 1.165) is 18.8 Å². The summed E-state index contributed by atoms with van der Waals surface area (Å²) >= 11 is 11.9. The molecule has 1 aromatic carbocycles. The molecule has 0 atom stereocenters. The fraction of sp³-hybridized carbons (Fsp3) is 0.533. The number of ketones is 1. The Morgan fingerprint density at radius 1 is 1.11 bits per heavy atom. The van der Waals surface area contributed by atoms with Crippen LogP contribution in [-0.2, 0) is 0 Å². The highest BCUT2D eigenvalue weighted by atomic mass is 35.5. The summed E-state index contributed by atoms with van der Waals surface area (Å²) in [5.74, 6) is 1.16. The van der Waals surface area contributed by atoms with E-state index in [-0.39, 0.29) is 11.7 Å². The number of carbonyl (C=O) groups is 1. The lowest BCUT2D eigenvalue weighted by atomic mass is 9.78. The van der Waals surface area contributed by atoms with E-state index in [4.69, 9.17) is 23.2 Å². The van der Waals surface area contributed by atoms with Crippen LogP contribution in [0.15, 0.2) is 18.2 Å². The minimum atomic E-state index is 0.155. The van der Waals surface area contributed by atoms with Gasteiger partial charge in [0.05, 0.1) is 0 Å². The molecule has 0 amide bonds. The molecule has 0 saturated heterocycles. The van der Waals surface area contributed by atoms with Crippen LogP contribution in [0.5, 0.6) is 0 Å². The lowest BCUT2D eigenvalue weighted by Gasteiger charge is -2.26. The van der Waals surface area contributed by atoms with E-state index in [1.54, 1.807) is 18.2 Å². The molecular weight excluding hydrogens is 267 g/mol. The molecule has 0 heterocycles. The Hall–Kier alpha value is -0.530. The Morgan fingerprint density at radius 3 is 2.17 bits per heavy atom. The Kier molecular flexibility index (Phi) is 4.69. The monoisotopic (exact) mass is 284 g/mol. The summed E-state index contributed by atoms with van der Waals surface area (Å²) in [5, 5.41) is 1.07. The first-order valence-corrected chi connectivity index (χ1v) is 7.36. The second-order valence-electron chi connectivity index (χ2n) is 5.15. The molecule has 1 aromatic rings. The van der Waals surface area contributed by atoms with Crippen LogP contribution in [0.2, 0.25) is 10.0 Å². The fourth-order valence-electron chi connectivity index (χ4n) is 2.76. The average Bonchev–Trinajstić information content (AvgIpc) is 2.37. The van der Waals surface area contributed by atoms with Crippen molar-refractivity contribution in [3.63, 3.8) is 0 Å². The molecule has 18 heavy (non-hydrogen) atoms. The summed E-state index contributed by atoms with van der Waals surface area (Å²) in [6, 6.07) is 5.11. The van der Waals surface area contributed by atoms with Crippen molar-refractivity contribution in [1.29, 1.82) is 0 Å². The summed E-state index contributed by atoms with van der Waals surface area (Å²) < 4.78 is 0. The van der Waals surface area contributed by atoms with Gasteiger partial charge in [0.1, 0.15) is 0 Å². The Morgan fingerprint density at radius 2 is 1.67 bits per heavy atom. The van der Waals surface area contributed by atoms with Crippen molar-refractivity contribution < 1.29 is 4.79 Å². The zero-order chi connectivity index (χ0) is 13.1. The van der Waals surface area contributed by atoms with Crippen molar-refractivity contribution in [2.24, 2.45) is 11.8 Å². The summed E-state index contributed by atoms with van der Waals surface area (Å²) in [6.45, 7) is 2.23. The lowest BCUT2D eigenvalue weighted by molar-refractivity contribution is 0.0871. The number of Topliss-reactive ketones (excluding diaryl/α,β-unsaturated/α-hetero) is 1. The quantitative estimate of drug-likeness (QED) is 0.680. The van der Waals surface area contributed by atoms with Gasteiger partial charge in [-0.25, -0.2) is 0 Å². The first kappa shape index (κ1) is 13.9. The highest BCUT2D eigenvalue weighted by Crippen LogP contribution is 2.33. The van der Waals surface area contributed by atoms with E-state index in [1.807, 2.05) is 0 Å². The summed E-state index contributed by atoms with van der Waals surface area (Å²) in [7, 11) is 0. The second kappa shape index (κ2) is 6.08. The van der Waals surface area contributed by atoms with Gasteiger partial charge in [-0.15, -0.1) is 0 Å². The first-order valence-electron chi connectivity index (χ1n) is 6.60. The Labute approximate surface area is 118 Å². The predicted molar refractivity (Wildman–Crippen MR) is 76.5 cm³/mol. The first-order chi connectivity index (χ1) is 8.60. The van der Waals surface area contributed by atoms with Crippen LogP contribution in [0.25, 0.3) is 0 Å². The molecule has 3 heteroatoms. The van der Waals surface area contributed by atoms with Gasteiger partial charge in [-0.1, -0.05) is 36.5 Å². The molecule has 1 fully saturated rings. The molecular formula is C15H18Cl2O. The maximum absolute atomic E-state index is 12.4. The van der Waals surface area contributed by atoms with Gasteiger partial charge in [0, 0.05) is 21.5 Å². The highest BCUT2D eigenvalue weighted by Gasteiger charge is 2.26. The van der Waals surface area contributed by atoms with Gasteiger partial charge in [0.25, 0.3) is 0 Å². The third-order valence-electron chi connectivity index (χ3n) is 3.94. The molecule has 0 aliphatic heterocycles. The molecule has 0 aromatic heterocycles. The lowest BCUT2D eigenvalue weighted by Crippen LogP contribution is -2.21. The van der Waals surface area contributed by atoms with Crippen LogP contribution >= 0.6 is 23.2 Å². The molecule has 0 spiro atoms. The third-order valence-corrected chi connectivity index (χ3v) is 4.38. The molecule has 1 nitrogen and oxygen atoms in total. The molecule has 1 aliphatic rings. The van der Waals surface area contributed by atoms with E-state index in [1.165, 1.54) is 19.3 Å². The summed E-state index contributed by atoms with van der Waals surface area (Å²) in [5.41, 5.74) is 0.660. The number of benzene rings is 1.